The van der Waals surface area contributed by atoms with E-state index in [9.17, 15) is 14.7 Å². The van der Waals surface area contributed by atoms with Crippen LogP contribution in [0.25, 0.3) is 11.1 Å². The van der Waals surface area contributed by atoms with E-state index in [-0.39, 0.29) is 18.3 Å². The van der Waals surface area contributed by atoms with Crippen molar-refractivity contribution in [1.82, 2.24) is 0 Å². The van der Waals surface area contributed by atoms with Crippen LogP contribution in [0.2, 0.25) is 0 Å². The molecule has 1 heterocycles. The van der Waals surface area contributed by atoms with Crippen LogP contribution in [-0.2, 0) is 16.0 Å². The first-order valence-electron chi connectivity index (χ1n) is 14.8. The molecule has 0 radical (unpaired) electrons. The van der Waals surface area contributed by atoms with Crippen molar-refractivity contribution in [2.45, 2.75) is 72.8 Å². The molecule has 0 saturated heterocycles. The molecule has 5 N–H and O–H groups in total. The molecule has 9 heteroatoms. The molecular weight excluding hydrogens is 558 g/mol. The molecular formula is C35H41N3O6. The maximum absolute atomic E-state index is 13.4. The third kappa shape index (κ3) is 6.72. The third-order valence-electron chi connectivity index (χ3n) is 8.26. The Bertz CT molecular complexity index is 1620. The lowest BCUT2D eigenvalue weighted by atomic mass is 9.87. The minimum absolute atomic E-state index is 0.172. The number of fused-ring (bicyclic) bond motifs is 1. The fraction of sp³-hybridized carbons (Fsp3) is 0.343. The van der Waals surface area contributed by atoms with Gasteiger partial charge in [0.25, 0.3) is 0 Å². The summed E-state index contributed by atoms with van der Waals surface area (Å²) in [4.78, 5) is 29.0. The fourth-order valence-electron chi connectivity index (χ4n) is 5.56. The lowest BCUT2D eigenvalue weighted by Gasteiger charge is -2.35. The number of rotatable bonds is 9. The highest BCUT2D eigenvalue weighted by atomic mass is 16.6. The average molecular weight is 600 g/mol. The Hall–Kier alpha value is -4.79. The largest absolute Gasteiger partial charge is 0.507 e. The van der Waals surface area contributed by atoms with Gasteiger partial charge in [-0.2, -0.15) is 0 Å². The Labute approximate surface area is 258 Å². The van der Waals surface area contributed by atoms with Crippen LogP contribution < -0.4 is 25.7 Å². The van der Waals surface area contributed by atoms with Crippen LogP contribution in [0, 0.1) is 20.8 Å². The highest BCUT2D eigenvalue weighted by molar-refractivity contribution is 5.91. The summed E-state index contributed by atoms with van der Waals surface area (Å²) in [5.74, 6) is 0.587. The van der Waals surface area contributed by atoms with E-state index in [1.807, 2.05) is 45.0 Å². The summed E-state index contributed by atoms with van der Waals surface area (Å²) in [7, 11) is 0. The van der Waals surface area contributed by atoms with Crippen LogP contribution in [0.3, 0.4) is 0 Å². The number of phenolic OH excluding ortho intramolecular Hbond substituents is 1. The number of carbonyl (C=O) groups excluding carboxylic acids is 2. The number of carbonyl (C=O) groups is 2. The molecule has 1 atom stereocenters. The molecule has 3 aromatic rings. The molecule has 9 nitrogen and oxygen atoms in total. The smallest absolute Gasteiger partial charge is 0.355 e. The maximum atomic E-state index is 13.4. The number of hydrogen-bond donors (Lipinski definition) is 3. The first-order chi connectivity index (χ1) is 20.9. The van der Waals surface area contributed by atoms with Crippen molar-refractivity contribution in [1.29, 1.82) is 0 Å². The summed E-state index contributed by atoms with van der Waals surface area (Å²) in [6.45, 7) is 11.3. The van der Waals surface area contributed by atoms with Crippen LogP contribution in [0.4, 0.5) is 0 Å². The number of guanidine groups is 1. The van der Waals surface area contributed by atoms with Crippen LogP contribution in [-0.4, -0.2) is 35.2 Å². The summed E-state index contributed by atoms with van der Waals surface area (Å²) in [6, 6.07) is 14.8. The van der Waals surface area contributed by atoms with Crippen LogP contribution in [0.15, 0.2) is 53.5 Å². The lowest BCUT2D eigenvalue weighted by molar-refractivity contribution is -0.152. The Morgan fingerprint density at radius 2 is 1.39 bits per heavy atom. The molecule has 4 rings (SSSR count). The second kappa shape index (κ2) is 13.2. The van der Waals surface area contributed by atoms with E-state index in [4.69, 9.17) is 25.7 Å². The number of ether oxygens (including phenoxy) is 3. The monoisotopic (exact) mass is 599 g/mol. The number of aliphatic imine (C=N–C) groups is 1. The first-order valence-corrected chi connectivity index (χ1v) is 14.8. The van der Waals surface area contributed by atoms with Gasteiger partial charge in [-0.15, -0.1) is 0 Å². The third-order valence-corrected chi connectivity index (χ3v) is 8.26. The number of esters is 2. The Morgan fingerprint density at radius 3 is 1.89 bits per heavy atom. The molecule has 0 aliphatic carbocycles. The molecule has 44 heavy (non-hydrogen) atoms. The van der Waals surface area contributed by atoms with Crippen molar-refractivity contribution in [3.05, 3.63) is 81.9 Å². The highest BCUT2D eigenvalue weighted by Gasteiger charge is 2.42. The number of nitrogens with zero attached hydrogens (tertiary/aromatic N) is 1. The molecule has 3 aromatic carbocycles. The number of hydrogen-bond acceptors (Lipinski definition) is 7. The van der Waals surface area contributed by atoms with Gasteiger partial charge in [-0.3, -0.25) is 0 Å². The van der Waals surface area contributed by atoms with Crippen LogP contribution >= 0.6 is 0 Å². The van der Waals surface area contributed by atoms with Crippen molar-refractivity contribution in [2.75, 3.05) is 6.54 Å². The lowest BCUT2D eigenvalue weighted by Crippen LogP contribution is -2.47. The van der Waals surface area contributed by atoms with Gasteiger partial charge in [0.2, 0.25) is 5.60 Å². The van der Waals surface area contributed by atoms with Crippen molar-refractivity contribution >= 4 is 29.0 Å². The highest BCUT2D eigenvalue weighted by Crippen LogP contribution is 2.43. The van der Waals surface area contributed by atoms with Crippen molar-refractivity contribution in [3.8, 4) is 23.0 Å². The Kier molecular flexibility index (Phi) is 9.67. The van der Waals surface area contributed by atoms with E-state index >= 15 is 0 Å². The van der Waals surface area contributed by atoms with E-state index in [0.29, 0.717) is 30.1 Å². The Balaban J connectivity index is 1.50. The predicted octanol–water partition coefficient (Wildman–Crippen LogP) is 5.92. The molecule has 0 saturated carbocycles. The van der Waals surface area contributed by atoms with Crippen molar-refractivity contribution < 1.29 is 28.9 Å². The number of nitrogens with two attached hydrogens (primary N) is 2. The molecule has 0 fully saturated rings. The average Bonchev–Trinajstić information content (AvgIpc) is 3.01. The summed E-state index contributed by atoms with van der Waals surface area (Å²) < 4.78 is 17.4. The van der Waals surface area contributed by atoms with Gasteiger partial charge in [-0.05, 0) is 110 Å². The van der Waals surface area contributed by atoms with Crippen molar-refractivity contribution in [2.24, 2.45) is 16.5 Å². The van der Waals surface area contributed by atoms with E-state index in [0.717, 1.165) is 57.4 Å². The second-order valence-corrected chi connectivity index (χ2v) is 11.2. The quantitative estimate of drug-likeness (QED) is 0.0904. The van der Waals surface area contributed by atoms with Crippen LogP contribution in [0.1, 0.15) is 73.4 Å². The summed E-state index contributed by atoms with van der Waals surface area (Å²) in [5.41, 5.74) is 17.0. The molecule has 1 aliphatic heterocycles. The number of aromatic hydroxyl groups is 1. The fourth-order valence-corrected chi connectivity index (χ4v) is 5.56. The topological polar surface area (TPSA) is 146 Å². The van der Waals surface area contributed by atoms with E-state index in [1.165, 1.54) is 0 Å². The van der Waals surface area contributed by atoms with Crippen molar-refractivity contribution in [3.63, 3.8) is 0 Å². The first kappa shape index (κ1) is 32.1. The van der Waals surface area contributed by atoms with Gasteiger partial charge in [-0.25, -0.2) is 14.6 Å². The zero-order chi connectivity index (χ0) is 32.2. The van der Waals surface area contributed by atoms with Gasteiger partial charge in [0.15, 0.2) is 5.96 Å². The van der Waals surface area contributed by atoms with Gasteiger partial charge in [0.05, 0.1) is 0 Å². The molecule has 232 valence electrons. The van der Waals surface area contributed by atoms with Gasteiger partial charge >= 0.3 is 11.9 Å². The SMILES string of the molecule is CCC(=C(CC)c1ccc(OC(=O)C2(C)CCc3c(C)c(O)c(C)c(C)c3O2)cc1)c1ccc(OC(=O)CN=C(N)N)cc1. The van der Waals surface area contributed by atoms with Gasteiger partial charge in [0.1, 0.15) is 29.5 Å². The van der Waals surface area contributed by atoms with E-state index in [2.05, 4.69) is 18.8 Å². The standard InChI is InChI=1S/C35H41N3O6/c1-7-27(23-9-13-25(14-10-23)42-30(39)19-38-34(36)37)28(8-2)24-11-15-26(16-12-24)43-33(41)35(6)18-17-29-22(5)31(40)20(3)21(4)32(29)44-35/h9-16,40H,7-8,17-19H2,1-6H3,(H4,36,37,38). The van der Waals surface area contributed by atoms with E-state index in [1.54, 1.807) is 31.2 Å². The van der Waals surface area contributed by atoms with E-state index < -0.39 is 17.5 Å². The summed E-state index contributed by atoms with van der Waals surface area (Å²) >= 11 is 0. The zero-order valence-electron chi connectivity index (χ0n) is 26.2. The number of phenols is 1. The zero-order valence-corrected chi connectivity index (χ0v) is 26.2. The molecule has 0 aromatic heterocycles. The molecule has 0 spiro atoms. The van der Waals surface area contributed by atoms with Gasteiger partial charge < -0.3 is 30.8 Å². The molecule has 0 amide bonds. The second-order valence-electron chi connectivity index (χ2n) is 11.2. The van der Waals surface area contributed by atoms with Gasteiger partial charge in [-0.1, -0.05) is 38.1 Å². The minimum atomic E-state index is -1.15. The molecule has 0 bridgehead atoms. The maximum Gasteiger partial charge on any atom is 0.355 e. The Morgan fingerprint density at radius 1 is 0.864 bits per heavy atom. The number of allylic oxidation sites excluding steroid dienone is 2. The summed E-state index contributed by atoms with van der Waals surface area (Å²) in [5, 5.41) is 10.5. The minimum Gasteiger partial charge on any atom is -0.507 e. The molecule has 1 unspecified atom stereocenters. The van der Waals surface area contributed by atoms with Gasteiger partial charge in [0, 0.05) is 12.0 Å². The molecule has 1 aliphatic rings. The van der Waals surface area contributed by atoms with Crippen LogP contribution in [0.5, 0.6) is 23.0 Å². The predicted molar refractivity (Wildman–Crippen MR) is 172 cm³/mol. The summed E-state index contributed by atoms with van der Waals surface area (Å²) in [6.07, 6.45) is 2.62. The number of benzene rings is 3. The normalized spacial score (nSPS) is 16.2.